The Hall–Kier alpha value is -3.25. The molecule has 2 saturated heterocycles. The number of ketones is 1. The van der Waals surface area contributed by atoms with Gasteiger partial charge >= 0.3 is 6.09 Å². The fraction of sp³-hybridized carbons (Fsp3) is 0.320. The van der Waals surface area contributed by atoms with Crippen molar-refractivity contribution in [2.75, 3.05) is 13.2 Å². The van der Waals surface area contributed by atoms with Crippen LogP contribution in [0.25, 0.3) is 10.8 Å². The van der Waals surface area contributed by atoms with Gasteiger partial charge in [-0.1, -0.05) is 48.5 Å². The highest BCUT2D eigenvalue weighted by molar-refractivity contribution is 6.09. The van der Waals surface area contributed by atoms with Crippen molar-refractivity contribution in [3.8, 4) is 0 Å². The third-order valence-corrected chi connectivity index (χ3v) is 6.25. The SMILES string of the molecule is O=C(c1cccc2cnccc12)C1CC2COCC(C1)N2C(=O)OCc1ccccc1. The number of carbonyl (C=O) groups is 2. The maximum atomic E-state index is 13.4. The number of Topliss-reactive ketones (excluding diaryl/α,β-unsaturated/α-hetero) is 1. The van der Waals surface area contributed by atoms with Crippen molar-refractivity contribution in [2.45, 2.75) is 31.5 Å². The first-order valence-corrected chi connectivity index (χ1v) is 10.6. The Morgan fingerprint density at radius 2 is 1.77 bits per heavy atom. The molecule has 3 aromatic rings. The zero-order chi connectivity index (χ0) is 21.2. The average molecular weight is 416 g/mol. The number of amides is 1. The normalized spacial score (nSPS) is 22.8. The molecule has 2 aromatic carbocycles. The number of aromatic nitrogens is 1. The van der Waals surface area contributed by atoms with Crippen LogP contribution in [-0.4, -0.2) is 47.1 Å². The summed E-state index contributed by atoms with van der Waals surface area (Å²) >= 11 is 0. The van der Waals surface area contributed by atoms with Crippen LogP contribution < -0.4 is 0 Å². The lowest BCUT2D eigenvalue weighted by molar-refractivity contribution is -0.0755. The number of carbonyl (C=O) groups excluding carboxylic acids is 2. The number of hydrogen-bond donors (Lipinski definition) is 0. The van der Waals surface area contributed by atoms with Gasteiger partial charge in [0.25, 0.3) is 0 Å². The zero-order valence-corrected chi connectivity index (χ0v) is 17.1. The number of fused-ring (bicyclic) bond motifs is 3. The van der Waals surface area contributed by atoms with Gasteiger partial charge < -0.3 is 9.47 Å². The molecule has 2 fully saturated rings. The molecule has 2 unspecified atom stereocenters. The molecule has 1 amide bonds. The van der Waals surface area contributed by atoms with E-state index >= 15 is 0 Å². The molecule has 0 saturated carbocycles. The van der Waals surface area contributed by atoms with Crippen LogP contribution in [0.3, 0.4) is 0 Å². The summed E-state index contributed by atoms with van der Waals surface area (Å²) in [5.74, 6) is -0.0122. The van der Waals surface area contributed by atoms with E-state index in [4.69, 9.17) is 9.47 Å². The minimum atomic E-state index is -0.329. The molecule has 2 bridgehead atoms. The van der Waals surface area contributed by atoms with Crippen LogP contribution in [0.1, 0.15) is 28.8 Å². The number of hydrogen-bond acceptors (Lipinski definition) is 5. The minimum absolute atomic E-state index is 0.131. The molecular weight excluding hydrogens is 392 g/mol. The summed E-state index contributed by atoms with van der Waals surface area (Å²) in [5, 5.41) is 1.88. The van der Waals surface area contributed by atoms with E-state index in [0.717, 1.165) is 21.9 Å². The van der Waals surface area contributed by atoms with Crippen molar-refractivity contribution in [3.05, 3.63) is 78.1 Å². The topological polar surface area (TPSA) is 68.7 Å². The number of rotatable bonds is 4. The van der Waals surface area contributed by atoms with E-state index in [0.29, 0.717) is 26.1 Å². The van der Waals surface area contributed by atoms with Crippen LogP contribution in [0.15, 0.2) is 67.0 Å². The average Bonchev–Trinajstić information content (AvgIpc) is 2.81. The zero-order valence-electron chi connectivity index (χ0n) is 17.1. The molecule has 5 rings (SSSR count). The van der Waals surface area contributed by atoms with Gasteiger partial charge in [-0.05, 0) is 29.9 Å². The van der Waals surface area contributed by atoms with Crippen LogP contribution in [0.4, 0.5) is 4.79 Å². The van der Waals surface area contributed by atoms with Crippen LogP contribution >= 0.6 is 0 Å². The predicted molar refractivity (Wildman–Crippen MR) is 116 cm³/mol. The second-order valence-corrected chi connectivity index (χ2v) is 8.23. The smallest absolute Gasteiger partial charge is 0.410 e. The number of benzene rings is 2. The molecule has 2 atom stereocenters. The first kappa shape index (κ1) is 19.7. The highest BCUT2D eigenvalue weighted by Crippen LogP contribution is 2.35. The van der Waals surface area contributed by atoms with E-state index in [-0.39, 0.29) is 36.5 Å². The summed E-state index contributed by atoms with van der Waals surface area (Å²) in [6.45, 7) is 1.10. The molecule has 6 nitrogen and oxygen atoms in total. The van der Waals surface area contributed by atoms with Gasteiger partial charge in [0, 0.05) is 29.3 Å². The number of morpholine rings is 1. The third-order valence-electron chi connectivity index (χ3n) is 6.25. The Balaban J connectivity index is 1.31. The van der Waals surface area contributed by atoms with E-state index in [1.165, 1.54) is 0 Å². The molecule has 6 heteroatoms. The third kappa shape index (κ3) is 3.91. The van der Waals surface area contributed by atoms with Crippen molar-refractivity contribution < 1.29 is 19.1 Å². The quantitative estimate of drug-likeness (QED) is 0.595. The van der Waals surface area contributed by atoms with Crippen molar-refractivity contribution >= 4 is 22.6 Å². The monoisotopic (exact) mass is 416 g/mol. The summed E-state index contributed by atoms with van der Waals surface area (Å²) in [4.78, 5) is 32.2. The lowest BCUT2D eigenvalue weighted by Gasteiger charge is -2.47. The number of nitrogens with zero attached hydrogens (tertiary/aromatic N) is 2. The van der Waals surface area contributed by atoms with Crippen molar-refractivity contribution in [1.82, 2.24) is 9.88 Å². The van der Waals surface area contributed by atoms with Gasteiger partial charge in [-0.25, -0.2) is 4.79 Å². The highest BCUT2D eigenvalue weighted by Gasteiger charge is 2.44. The molecule has 1 aromatic heterocycles. The highest BCUT2D eigenvalue weighted by atomic mass is 16.6. The Morgan fingerprint density at radius 3 is 2.55 bits per heavy atom. The van der Waals surface area contributed by atoms with E-state index in [2.05, 4.69) is 4.98 Å². The standard InChI is InChI=1S/C25H24N2O4/c28-24(23-8-4-7-18-13-26-10-9-22(18)23)19-11-20-15-30-16-21(12-19)27(20)25(29)31-14-17-5-2-1-3-6-17/h1-10,13,19-21H,11-12,14-16H2. The maximum Gasteiger partial charge on any atom is 0.410 e. The first-order valence-electron chi connectivity index (χ1n) is 10.6. The summed E-state index contributed by atoms with van der Waals surface area (Å²) in [6.07, 6.45) is 4.32. The van der Waals surface area contributed by atoms with Gasteiger partial charge in [0.05, 0.1) is 25.3 Å². The molecule has 0 radical (unpaired) electrons. The van der Waals surface area contributed by atoms with Gasteiger partial charge in [-0.15, -0.1) is 0 Å². The van der Waals surface area contributed by atoms with E-state index < -0.39 is 0 Å². The molecule has 2 aliphatic rings. The van der Waals surface area contributed by atoms with Crippen LogP contribution in [-0.2, 0) is 16.1 Å². The molecular formula is C25H24N2O4. The molecule has 158 valence electrons. The fourth-order valence-corrected chi connectivity index (χ4v) is 4.78. The molecule has 0 N–H and O–H groups in total. The first-order chi connectivity index (χ1) is 15.2. The molecule has 3 heterocycles. The summed E-state index contributed by atoms with van der Waals surface area (Å²) < 4.78 is 11.3. The van der Waals surface area contributed by atoms with Gasteiger partial charge in [0.2, 0.25) is 0 Å². The second kappa shape index (κ2) is 8.47. The van der Waals surface area contributed by atoms with E-state index in [9.17, 15) is 9.59 Å². The van der Waals surface area contributed by atoms with Crippen LogP contribution in [0.5, 0.6) is 0 Å². The van der Waals surface area contributed by atoms with Crippen molar-refractivity contribution in [3.63, 3.8) is 0 Å². The van der Waals surface area contributed by atoms with Gasteiger partial charge in [-0.3, -0.25) is 14.7 Å². The minimum Gasteiger partial charge on any atom is -0.445 e. The Kier molecular flexibility index (Phi) is 5.38. The Morgan fingerprint density at radius 1 is 1.00 bits per heavy atom. The van der Waals surface area contributed by atoms with Crippen LogP contribution in [0.2, 0.25) is 0 Å². The van der Waals surface area contributed by atoms with Crippen molar-refractivity contribution in [2.24, 2.45) is 5.92 Å². The van der Waals surface area contributed by atoms with E-state index in [1.54, 1.807) is 17.3 Å². The molecule has 2 aliphatic heterocycles. The Labute approximate surface area is 180 Å². The maximum absolute atomic E-state index is 13.4. The molecule has 0 aliphatic carbocycles. The summed E-state index contributed by atoms with van der Waals surface area (Å²) in [5.41, 5.74) is 1.68. The fourth-order valence-electron chi connectivity index (χ4n) is 4.78. The Bertz CT molecular complexity index is 1080. The number of ether oxygens (including phenoxy) is 2. The van der Waals surface area contributed by atoms with Gasteiger partial charge in [-0.2, -0.15) is 0 Å². The molecule has 0 spiro atoms. The van der Waals surface area contributed by atoms with Gasteiger partial charge in [0.1, 0.15) is 6.61 Å². The van der Waals surface area contributed by atoms with Gasteiger partial charge in [0.15, 0.2) is 5.78 Å². The summed E-state index contributed by atoms with van der Waals surface area (Å²) in [6, 6.07) is 17.0. The lowest BCUT2D eigenvalue weighted by atomic mass is 9.80. The summed E-state index contributed by atoms with van der Waals surface area (Å²) in [7, 11) is 0. The molecule has 31 heavy (non-hydrogen) atoms. The number of pyridine rings is 1. The largest absolute Gasteiger partial charge is 0.445 e. The predicted octanol–water partition coefficient (Wildman–Crippen LogP) is 4.23. The lowest BCUT2D eigenvalue weighted by Crippen LogP contribution is -2.59. The number of piperidine rings is 1. The van der Waals surface area contributed by atoms with Crippen LogP contribution in [0, 0.1) is 5.92 Å². The second-order valence-electron chi connectivity index (χ2n) is 8.23. The van der Waals surface area contributed by atoms with E-state index in [1.807, 2.05) is 54.6 Å². The van der Waals surface area contributed by atoms with Crippen molar-refractivity contribution in [1.29, 1.82) is 0 Å².